The van der Waals surface area contributed by atoms with Gasteiger partial charge in [0, 0.05) is 18.1 Å². The molecule has 2 amide bonds. The van der Waals surface area contributed by atoms with E-state index < -0.39 is 16.8 Å². The summed E-state index contributed by atoms with van der Waals surface area (Å²) in [6, 6.07) is 12.8. The number of rotatable bonds is 6. The molecule has 2 aromatic rings. The molecule has 1 N–H and O–H groups in total. The van der Waals surface area contributed by atoms with Crippen LogP contribution in [-0.4, -0.2) is 34.6 Å². The minimum atomic E-state index is -0.530. The van der Waals surface area contributed by atoms with Gasteiger partial charge in [-0.05, 0) is 62.4 Å². The smallest absolute Gasteiger partial charge is 0.271 e. The zero-order valence-corrected chi connectivity index (χ0v) is 20.2. The minimum absolute atomic E-state index is 0.113. The van der Waals surface area contributed by atoms with Crippen molar-refractivity contribution >= 4 is 29.3 Å². The van der Waals surface area contributed by atoms with E-state index in [4.69, 9.17) is 4.74 Å². The highest BCUT2D eigenvalue weighted by atomic mass is 16.6. The SMILES string of the molecule is CC1=C2[C@@H](CC/C(C)=C/c3cccc(O)c3)OC[C@@H]2[C@@H]2C(=O)N(c3cccc([N+](=O)[O-])c3)C(=O)[C@@H]2C1. The van der Waals surface area contributed by atoms with Gasteiger partial charge in [-0.15, -0.1) is 0 Å². The van der Waals surface area contributed by atoms with Crippen LogP contribution in [0.1, 0.15) is 38.7 Å². The average Bonchev–Trinajstić information content (AvgIpc) is 3.37. The van der Waals surface area contributed by atoms with Crippen LogP contribution in [0, 0.1) is 27.9 Å². The third-order valence-corrected chi connectivity index (χ3v) is 7.54. The summed E-state index contributed by atoms with van der Waals surface area (Å²) in [7, 11) is 0. The van der Waals surface area contributed by atoms with Crippen LogP contribution in [-0.2, 0) is 14.3 Å². The summed E-state index contributed by atoms with van der Waals surface area (Å²) in [6.45, 7) is 4.45. The number of imide groups is 1. The fraction of sp³-hybridized carbons (Fsp3) is 0.357. The number of amides is 2. The molecule has 2 heterocycles. The van der Waals surface area contributed by atoms with Crippen LogP contribution in [0.3, 0.4) is 0 Å². The Morgan fingerprint density at radius 1 is 1.17 bits per heavy atom. The van der Waals surface area contributed by atoms with E-state index in [0.29, 0.717) is 13.0 Å². The van der Waals surface area contributed by atoms with E-state index in [1.807, 2.05) is 32.1 Å². The van der Waals surface area contributed by atoms with Crippen molar-refractivity contribution in [2.45, 2.75) is 39.2 Å². The summed E-state index contributed by atoms with van der Waals surface area (Å²) >= 11 is 0. The summed E-state index contributed by atoms with van der Waals surface area (Å²) in [5.41, 5.74) is 4.41. The highest BCUT2D eigenvalue weighted by Gasteiger charge is 2.56. The summed E-state index contributed by atoms with van der Waals surface area (Å²) in [5.74, 6) is -1.51. The van der Waals surface area contributed by atoms with Crippen molar-refractivity contribution in [3.05, 3.63) is 80.9 Å². The number of ether oxygens (including phenoxy) is 1. The molecule has 8 nitrogen and oxygen atoms in total. The highest BCUT2D eigenvalue weighted by molar-refractivity contribution is 6.22. The molecule has 36 heavy (non-hydrogen) atoms. The van der Waals surface area contributed by atoms with Gasteiger partial charge in [-0.1, -0.05) is 35.4 Å². The lowest BCUT2D eigenvalue weighted by molar-refractivity contribution is -0.384. The quantitative estimate of drug-likeness (QED) is 0.264. The predicted molar refractivity (Wildman–Crippen MR) is 134 cm³/mol. The Morgan fingerprint density at radius 2 is 1.94 bits per heavy atom. The number of carbonyl (C=O) groups excluding carboxylic acids is 2. The molecule has 1 aliphatic carbocycles. The molecule has 5 rings (SSSR count). The number of nitro groups is 1. The summed E-state index contributed by atoms with van der Waals surface area (Å²) < 4.78 is 6.18. The number of aromatic hydroxyl groups is 1. The van der Waals surface area contributed by atoms with E-state index in [-0.39, 0.29) is 41.0 Å². The maximum atomic E-state index is 13.5. The highest BCUT2D eigenvalue weighted by Crippen LogP contribution is 2.50. The number of phenols is 1. The van der Waals surface area contributed by atoms with Crippen molar-refractivity contribution in [2.75, 3.05) is 11.5 Å². The lowest BCUT2D eigenvalue weighted by atomic mass is 9.70. The Bertz CT molecular complexity index is 1310. The standard InChI is InChI=1S/C28H28N2O6/c1-16(11-18-5-3-8-21(31)13-18)9-10-24-25-17(2)12-22-26(23(25)15-36-24)28(33)29(27(22)32)19-6-4-7-20(14-19)30(34)35/h3-8,11,13-14,22-24,26,31H,9-10,12,15H2,1-2H3/b16-11+/t22-,23+,24-,26-/m1/s1. The molecule has 0 radical (unpaired) electrons. The molecule has 2 fully saturated rings. The van der Waals surface area contributed by atoms with Gasteiger partial charge in [0.25, 0.3) is 5.69 Å². The Morgan fingerprint density at radius 3 is 2.69 bits per heavy atom. The van der Waals surface area contributed by atoms with E-state index in [0.717, 1.165) is 40.0 Å². The first kappa shape index (κ1) is 23.9. The molecule has 0 unspecified atom stereocenters. The van der Waals surface area contributed by atoms with Crippen molar-refractivity contribution in [3.63, 3.8) is 0 Å². The monoisotopic (exact) mass is 488 g/mol. The van der Waals surface area contributed by atoms with Crippen LogP contribution in [0.5, 0.6) is 5.75 Å². The van der Waals surface area contributed by atoms with Crippen molar-refractivity contribution in [3.8, 4) is 5.75 Å². The van der Waals surface area contributed by atoms with E-state index in [1.165, 1.54) is 18.2 Å². The number of non-ortho nitro benzene ring substituents is 1. The molecule has 3 aliphatic rings. The molecule has 186 valence electrons. The first-order valence-corrected chi connectivity index (χ1v) is 12.1. The Labute approximate surface area is 209 Å². The third-order valence-electron chi connectivity index (χ3n) is 7.54. The number of anilines is 1. The molecule has 0 saturated carbocycles. The average molecular weight is 489 g/mol. The number of nitrogens with zero attached hydrogens (tertiary/aromatic N) is 2. The van der Waals surface area contributed by atoms with E-state index in [9.17, 15) is 24.8 Å². The van der Waals surface area contributed by atoms with Gasteiger partial charge in [-0.25, -0.2) is 4.90 Å². The number of phenolic OH excluding ortho intramolecular Hbond substituents is 1. The van der Waals surface area contributed by atoms with Gasteiger partial charge in [0.2, 0.25) is 11.8 Å². The molecular formula is C28H28N2O6. The molecular weight excluding hydrogens is 460 g/mol. The lowest BCUT2D eigenvalue weighted by Crippen LogP contribution is -2.34. The van der Waals surface area contributed by atoms with Crippen LogP contribution in [0.15, 0.2) is 65.3 Å². The van der Waals surface area contributed by atoms with E-state index in [2.05, 4.69) is 0 Å². The second-order valence-electron chi connectivity index (χ2n) is 9.91. The molecule has 8 heteroatoms. The van der Waals surface area contributed by atoms with Crippen LogP contribution < -0.4 is 4.90 Å². The summed E-state index contributed by atoms with van der Waals surface area (Å²) in [6.07, 6.45) is 3.98. The fourth-order valence-corrected chi connectivity index (χ4v) is 5.96. The maximum Gasteiger partial charge on any atom is 0.271 e. The topological polar surface area (TPSA) is 110 Å². The first-order chi connectivity index (χ1) is 17.2. The fourth-order valence-electron chi connectivity index (χ4n) is 5.96. The summed E-state index contributed by atoms with van der Waals surface area (Å²) in [4.78, 5) is 38.6. The molecule has 2 aromatic carbocycles. The van der Waals surface area contributed by atoms with Gasteiger partial charge in [0.1, 0.15) is 5.75 Å². The van der Waals surface area contributed by atoms with Gasteiger partial charge in [-0.2, -0.15) is 0 Å². The largest absolute Gasteiger partial charge is 0.508 e. The summed E-state index contributed by atoms with van der Waals surface area (Å²) in [5, 5.41) is 20.9. The van der Waals surface area contributed by atoms with Crippen molar-refractivity contribution in [1.29, 1.82) is 0 Å². The normalized spacial score (nSPS) is 25.8. The zero-order chi connectivity index (χ0) is 25.6. The third kappa shape index (κ3) is 4.22. The van der Waals surface area contributed by atoms with Crippen molar-refractivity contribution < 1.29 is 24.4 Å². The van der Waals surface area contributed by atoms with Crippen LogP contribution in [0.2, 0.25) is 0 Å². The molecule has 0 aromatic heterocycles. The molecule has 2 aliphatic heterocycles. The minimum Gasteiger partial charge on any atom is -0.508 e. The number of allylic oxidation sites excluding steroid dienone is 2. The van der Waals surface area contributed by atoms with Gasteiger partial charge >= 0.3 is 0 Å². The Balaban J connectivity index is 1.34. The van der Waals surface area contributed by atoms with E-state index in [1.54, 1.807) is 18.2 Å². The molecule has 0 spiro atoms. The number of carbonyl (C=O) groups is 2. The van der Waals surface area contributed by atoms with E-state index >= 15 is 0 Å². The number of nitro benzene ring substituents is 1. The second kappa shape index (κ2) is 9.35. The van der Waals surface area contributed by atoms with Crippen molar-refractivity contribution in [2.24, 2.45) is 17.8 Å². The molecule has 4 atom stereocenters. The number of hydrogen-bond donors (Lipinski definition) is 1. The maximum absolute atomic E-state index is 13.5. The second-order valence-corrected chi connectivity index (χ2v) is 9.91. The van der Waals surface area contributed by atoms with Crippen LogP contribution >= 0.6 is 0 Å². The van der Waals surface area contributed by atoms with Gasteiger partial charge in [0.15, 0.2) is 0 Å². The number of fused-ring (bicyclic) bond motifs is 3. The molecule has 2 saturated heterocycles. The van der Waals surface area contributed by atoms with Crippen LogP contribution in [0.4, 0.5) is 11.4 Å². The molecule has 0 bridgehead atoms. The zero-order valence-electron chi connectivity index (χ0n) is 20.2. The lowest BCUT2D eigenvalue weighted by Gasteiger charge is -2.30. The van der Waals surface area contributed by atoms with Gasteiger partial charge in [-0.3, -0.25) is 19.7 Å². The number of benzene rings is 2. The first-order valence-electron chi connectivity index (χ1n) is 12.1. The number of hydrogen-bond acceptors (Lipinski definition) is 6. The Hall–Kier alpha value is -3.78. The van der Waals surface area contributed by atoms with Crippen molar-refractivity contribution in [1.82, 2.24) is 0 Å². The van der Waals surface area contributed by atoms with Gasteiger partial charge < -0.3 is 9.84 Å². The van der Waals surface area contributed by atoms with Crippen LogP contribution in [0.25, 0.3) is 6.08 Å². The Kier molecular flexibility index (Phi) is 6.22. The van der Waals surface area contributed by atoms with Gasteiger partial charge in [0.05, 0.1) is 35.2 Å². The predicted octanol–water partition coefficient (Wildman–Crippen LogP) is 5.02.